The average Bonchev–Trinajstić information content (AvgIpc) is 2.60. The van der Waals surface area contributed by atoms with Crippen molar-refractivity contribution in [1.29, 1.82) is 0 Å². The van der Waals surface area contributed by atoms with E-state index in [4.69, 9.17) is 9.47 Å². The molecule has 6 nitrogen and oxygen atoms in total. The summed E-state index contributed by atoms with van der Waals surface area (Å²) in [5, 5.41) is 5.33. The Bertz CT molecular complexity index is 779. The van der Waals surface area contributed by atoms with Crippen LogP contribution < -0.4 is 20.1 Å². The quantitative estimate of drug-likeness (QED) is 0.720. The van der Waals surface area contributed by atoms with E-state index < -0.39 is 0 Å². The van der Waals surface area contributed by atoms with Crippen LogP contribution >= 0.6 is 22.6 Å². The Morgan fingerprint density at radius 1 is 1.04 bits per heavy atom. The summed E-state index contributed by atoms with van der Waals surface area (Å²) in [7, 11) is 0. The number of anilines is 1. The fraction of sp³-hybridized carbons (Fsp3) is 0.176. The molecule has 1 aliphatic heterocycles. The fourth-order valence-corrected chi connectivity index (χ4v) is 2.86. The first-order valence-corrected chi connectivity index (χ1v) is 8.43. The number of hydrogen-bond donors (Lipinski definition) is 2. The molecular weight excluding hydrogens is 423 g/mol. The van der Waals surface area contributed by atoms with Gasteiger partial charge < -0.3 is 20.1 Å². The zero-order chi connectivity index (χ0) is 16.9. The van der Waals surface area contributed by atoms with E-state index in [0.717, 1.165) is 3.57 Å². The highest BCUT2D eigenvalue weighted by Gasteiger charge is 2.14. The van der Waals surface area contributed by atoms with Gasteiger partial charge in [0.05, 0.1) is 12.1 Å². The summed E-state index contributed by atoms with van der Waals surface area (Å²) in [5.41, 5.74) is 1.14. The van der Waals surface area contributed by atoms with Crippen LogP contribution in [0.1, 0.15) is 10.4 Å². The van der Waals surface area contributed by atoms with E-state index in [-0.39, 0.29) is 18.4 Å². The van der Waals surface area contributed by atoms with Gasteiger partial charge in [-0.2, -0.15) is 0 Å². The van der Waals surface area contributed by atoms with E-state index in [9.17, 15) is 9.59 Å². The van der Waals surface area contributed by atoms with Crippen molar-refractivity contribution in [3.8, 4) is 11.5 Å². The molecule has 124 valence electrons. The third-order valence-electron chi connectivity index (χ3n) is 3.35. The molecule has 2 aromatic rings. The third-order valence-corrected chi connectivity index (χ3v) is 4.29. The summed E-state index contributed by atoms with van der Waals surface area (Å²) in [5.74, 6) is 0.663. The number of amides is 2. The molecule has 2 aromatic carbocycles. The number of fused-ring (bicyclic) bond motifs is 1. The lowest BCUT2D eigenvalue weighted by Crippen LogP contribution is -2.33. The highest BCUT2D eigenvalue weighted by Crippen LogP contribution is 2.32. The lowest BCUT2D eigenvalue weighted by atomic mass is 10.2. The summed E-state index contributed by atoms with van der Waals surface area (Å²) in [4.78, 5) is 24.1. The second-order valence-corrected chi connectivity index (χ2v) is 6.23. The monoisotopic (exact) mass is 438 g/mol. The first-order chi connectivity index (χ1) is 11.6. The minimum Gasteiger partial charge on any atom is -0.486 e. The minimum absolute atomic E-state index is 0.113. The molecule has 1 heterocycles. The minimum atomic E-state index is -0.314. The van der Waals surface area contributed by atoms with Crippen molar-refractivity contribution in [2.75, 3.05) is 25.1 Å². The van der Waals surface area contributed by atoms with Crippen LogP contribution in [0.4, 0.5) is 5.69 Å². The largest absolute Gasteiger partial charge is 0.486 e. The van der Waals surface area contributed by atoms with Crippen molar-refractivity contribution in [1.82, 2.24) is 5.32 Å². The predicted octanol–water partition coefficient (Wildman–Crippen LogP) is 2.43. The molecule has 0 fully saturated rings. The molecule has 0 saturated heterocycles. The summed E-state index contributed by atoms with van der Waals surface area (Å²) < 4.78 is 11.7. The van der Waals surface area contributed by atoms with Gasteiger partial charge in [0, 0.05) is 15.3 Å². The van der Waals surface area contributed by atoms with Gasteiger partial charge in [-0.3, -0.25) is 9.59 Å². The molecule has 0 unspecified atom stereocenters. The summed E-state index contributed by atoms with van der Waals surface area (Å²) in [6, 6.07) is 12.4. The van der Waals surface area contributed by atoms with Crippen molar-refractivity contribution >= 4 is 40.1 Å². The van der Waals surface area contributed by atoms with Gasteiger partial charge in [0.15, 0.2) is 11.5 Å². The number of rotatable bonds is 4. The molecule has 0 saturated carbocycles. The normalized spacial score (nSPS) is 12.4. The van der Waals surface area contributed by atoms with Gasteiger partial charge in [0.25, 0.3) is 5.91 Å². The summed E-state index contributed by atoms with van der Waals surface area (Å²) in [6.45, 7) is 0.886. The Labute approximate surface area is 152 Å². The van der Waals surface area contributed by atoms with Crippen LogP contribution in [0, 0.1) is 3.57 Å². The van der Waals surface area contributed by atoms with E-state index >= 15 is 0 Å². The highest BCUT2D eigenvalue weighted by molar-refractivity contribution is 14.1. The van der Waals surface area contributed by atoms with Gasteiger partial charge >= 0.3 is 0 Å². The Morgan fingerprint density at radius 2 is 1.79 bits per heavy atom. The van der Waals surface area contributed by atoms with E-state index in [1.54, 1.807) is 30.3 Å². The lowest BCUT2D eigenvalue weighted by molar-refractivity contribution is -0.115. The van der Waals surface area contributed by atoms with Crippen molar-refractivity contribution in [2.24, 2.45) is 0 Å². The zero-order valence-corrected chi connectivity index (χ0v) is 14.8. The molecule has 0 radical (unpaired) electrons. The second-order valence-electron chi connectivity index (χ2n) is 5.07. The van der Waals surface area contributed by atoms with Crippen LogP contribution in [-0.4, -0.2) is 31.6 Å². The zero-order valence-electron chi connectivity index (χ0n) is 12.7. The van der Waals surface area contributed by atoms with Crippen LogP contribution in [0.3, 0.4) is 0 Å². The average molecular weight is 438 g/mol. The highest BCUT2D eigenvalue weighted by atomic mass is 127. The van der Waals surface area contributed by atoms with Crippen LogP contribution in [0.2, 0.25) is 0 Å². The Hall–Kier alpha value is -2.29. The molecule has 2 amide bonds. The van der Waals surface area contributed by atoms with Gasteiger partial charge in [0.1, 0.15) is 13.2 Å². The molecule has 7 heteroatoms. The molecule has 1 aliphatic rings. The molecule has 2 N–H and O–H groups in total. The van der Waals surface area contributed by atoms with Gasteiger partial charge in [-0.25, -0.2) is 0 Å². The Morgan fingerprint density at radius 3 is 2.58 bits per heavy atom. The molecule has 0 spiro atoms. The first-order valence-electron chi connectivity index (χ1n) is 7.36. The Kier molecular flexibility index (Phi) is 5.19. The van der Waals surface area contributed by atoms with Crippen molar-refractivity contribution < 1.29 is 19.1 Å². The fourth-order valence-electron chi connectivity index (χ4n) is 2.23. The summed E-state index contributed by atoms with van der Waals surface area (Å²) in [6.07, 6.45) is 0. The Balaban J connectivity index is 1.56. The topological polar surface area (TPSA) is 76.7 Å². The van der Waals surface area contributed by atoms with E-state index in [1.807, 2.05) is 12.1 Å². The van der Waals surface area contributed by atoms with E-state index in [0.29, 0.717) is 36.0 Å². The van der Waals surface area contributed by atoms with E-state index in [2.05, 4.69) is 33.2 Å². The second kappa shape index (κ2) is 7.52. The number of benzene rings is 2. The van der Waals surface area contributed by atoms with Gasteiger partial charge in [-0.15, -0.1) is 0 Å². The number of ether oxygens (including phenoxy) is 2. The van der Waals surface area contributed by atoms with Crippen molar-refractivity contribution in [2.45, 2.75) is 0 Å². The molecule has 0 aromatic heterocycles. The van der Waals surface area contributed by atoms with Crippen LogP contribution in [0.5, 0.6) is 11.5 Å². The number of carbonyl (C=O) groups is 2. The van der Waals surface area contributed by atoms with Gasteiger partial charge in [-0.05, 0) is 46.9 Å². The molecule has 24 heavy (non-hydrogen) atoms. The molecule has 0 aliphatic carbocycles. The van der Waals surface area contributed by atoms with Crippen LogP contribution in [0.15, 0.2) is 42.5 Å². The van der Waals surface area contributed by atoms with Crippen molar-refractivity contribution in [3.63, 3.8) is 0 Å². The van der Waals surface area contributed by atoms with Crippen molar-refractivity contribution in [3.05, 3.63) is 51.6 Å². The summed E-state index contributed by atoms with van der Waals surface area (Å²) >= 11 is 2.08. The maximum Gasteiger partial charge on any atom is 0.252 e. The van der Waals surface area contributed by atoms with Crippen LogP contribution in [-0.2, 0) is 4.79 Å². The smallest absolute Gasteiger partial charge is 0.252 e. The molecular formula is C17H15IN2O4. The maximum absolute atomic E-state index is 12.1. The number of nitrogens with one attached hydrogen (secondary N) is 2. The standard InChI is InChI=1S/C17H15IN2O4/c18-13-4-2-1-3-12(13)17(22)19-10-16(21)20-11-5-6-14-15(9-11)24-8-7-23-14/h1-6,9H,7-8,10H2,(H,19,22)(H,20,21). The van der Waals surface area contributed by atoms with Gasteiger partial charge in [-0.1, -0.05) is 12.1 Å². The first kappa shape index (κ1) is 16.6. The third kappa shape index (κ3) is 3.97. The maximum atomic E-state index is 12.1. The number of hydrogen-bond acceptors (Lipinski definition) is 4. The lowest BCUT2D eigenvalue weighted by Gasteiger charge is -2.19. The SMILES string of the molecule is O=C(CNC(=O)c1ccccc1I)Nc1ccc2c(c1)OCCO2. The molecule has 0 bridgehead atoms. The van der Waals surface area contributed by atoms with Gasteiger partial charge in [0.2, 0.25) is 5.91 Å². The molecule has 0 atom stereocenters. The predicted molar refractivity (Wildman–Crippen MR) is 97.6 cm³/mol. The van der Waals surface area contributed by atoms with Crippen LogP contribution in [0.25, 0.3) is 0 Å². The van der Waals surface area contributed by atoms with E-state index in [1.165, 1.54) is 0 Å². The number of carbonyl (C=O) groups excluding carboxylic acids is 2. The molecule has 3 rings (SSSR count). The number of halogens is 1.